The number of hydrogen-bond acceptors (Lipinski definition) is 6. The maximum atomic E-state index is 11.2. The number of rotatable bonds is 3. The van der Waals surface area contributed by atoms with Crippen molar-refractivity contribution >= 4 is 11.4 Å². The van der Waals surface area contributed by atoms with Gasteiger partial charge in [-0.2, -0.15) is 5.10 Å². The smallest absolute Gasteiger partial charge is 0.147 e. The lowest BCUT2D eigenvalue weighted by Crippen LogP contribution is -2.13. The van der Waals surface area contributed by atoms with Gasteiger partial charge >= 0.3 is 0 Å². The van der Waals surface area contributed by atoms with Crippen LogP contribution in [0.5, 0.6) is 0 Å². The van der Waals surface area contributed by atoms with Crippen molar-refractivity contribution in [2.45, 2.75) is 6.92 Å². The fourth-order valence-electron chi connectivity index (χ4n) is 1.43. The summed E-state index contributed by atoms with van der Waals surface area (Å²) in [7, 11) is 1.29. The minimum atomic E-state index is 0.325. The molecule has 2 N–H and O–H groups in total. The van der Waals surface area contributed by atoms with E-state index in [-0.39, 0.29) is 0 Å². The molecule has 0 radical (unpaired) electrons. The third kappa shape index (κ3) is 2.19. The number of anilines is 2. The Morgan fingerprint density at radius 3 is 2.76 bits per heavy atom. The van der Waals surface area contributed by atoms with Crippen LogP contribution in [0, 0.1) is 12.1 Å². The number of nitrogens with zero attached hydrogens (tertiary/aromatic N) is 4. The van der Waals surface area contributed by atoms with E-state index in [0.29, 0.717) is 28.1 Å². The molecule has 0 bridgehead atoms. The molecular formula is C10H12N5O2-. The summed E-state index contributed by atoms with van der Waals surface area (Å²) in [5.41, 5.74) is 7.26. The van der Waals surface area contributed by atoms with Gasteiger partial charge in [0.1, 0.15) is 12.2 Å². The molecule has 1 aromatic carbocycles. The van der Waals surface area contributed by atoms with Crippen LogP contribution in [0.25, 0.3) is 5.69 Å². The predicted molar refractivity (Wildman–Crippen MR) is 63.4 cm³/mol. The Balaban J connectivity index is 2.38. The molecule has 1 heterocycles. The Morgan fingerprint density at radius 2 is 2.24 bits per heavy atom. The van der Waals surface area contributed by atoms with E-state index < -0.39 is 0 Å². The van der Waals surface area contributed by atoms with Gasteiger partial charge in [0.05, 0.1) is 24.2 Å². The standard InChI is InChI=1S/C10H12N5O2/c1-7-12-6-14(13-7)10-4-3-8(5-9(10)11)15(16)17-2/h3-6H,11H2,1-2H3/q-1. The number of benzene rings is 1. The summed E-state index contributed by atoms with van der Waals surface area (Å²) < 4.78 is 1.55. The van der Waals surface area contributed by atoms with Crippen LogP contribution in [0.15, 0.2) is 24.5 Å². The topological polar surface area (TPSA) is 92.3 Å². The van der Waals surface area contributed by atoms with Gasteiger partial charge in [0.2, 0.25) is 0 Å². The van der Waals surface area contributed by atoms with Crippen molar-refractivity contribution in [1.29, 1.82) is 0 Å². The summed E-state index contributed by atoms with van der Waals surface area (Å²) in [6.07, 6.45) is 1.56. The average Bonchev–Trinajstić information content (AvgIpc) is 2.74. The van der Waals surface area contributed by atoms with Crippen molar-refractivity contribution in [1.82, 2.24) is 14.8 Å². The molecule has 0 atom stereocenters. The molecule has 0 aliphatic carbocycles. The van der Waals surface area contributed by atoms with Gasteiger partial charge in [-0.1, -0.05) is 0 Å². The predicted octanol–water partition coefficient (Wildman–Crippen LogP) is 1.02. The number of nitrogens with two attached hydrogens (primary N) is 1. The maximum absolute atomic E-state index is 11.2. The molecule has 0 saturated heterocycles. The number of nitrogen functional groups attached to an aromatic ring is 1. The van der Waals surface area contributed by atoms with Gasteiger partial charge in [0.15, 0.2) is 0 Å². The van der Waals surface area contributed by atoms with Crippen molar-refractivity contribution in [3.8, 4) is 5.69 Å². The Bertz CT molecular complexity index is 525. The molecule has 0 spiro atoms. The molecule has 2 aromatic rings. The van der Waals surface area contributed by atoms with Crippen molar-refractivity contribution in [3.63, 3.8) is 0 Å². The minimum Gasteiger partial charge on any atom is -0.733 e. The van der Waals surface area contributed by atoms with Gasteiger partial charge in [-0.15, -0.1) is 0 Å². The van der Waals surface area contributed by atoms with Crippen molar-refractivity contribution in [3.05, 3.63) is 35.6 Å². The van der Waals surface area contributed by atoms with Gasteiger partial charge in [-0.05, 0) is 25.1 Å². The second-order valence-corrected chi connectivity index (χ2v) is 3.42. The summed E-state index contributed by atoms with van der Waals surface area (Å²) in [6.45, 7) is 1.78. The molecule has 17 heavy (non-hydrogen) atoms. The molecule has 0 saturated carbocycles. The molecule has 7 nitrogen and oxygen atoms in total. The largest absolute Gasteiger partial charge is 0.733 e. The zero-order valence-corrected chi connectivity index (χ0v) is 9.49. The van der Waals surface area contributed by atoms with E-state index in [1.165, 1.54) is 13.2 Å². The first-order valence-corrected chi connectivity index (χ1v) is 4.91. The van der Waals surface area contributed by atoms with Crippen LogP contribution in [0.3, 0.4) is 0 Å². The number of hydrogen-bond donors (Lipinski definition) is 1. The molecule has 0 fully saturated rings. The lowest BCUT2D eigenvalue weighted by Gasteiger charge is -2.27. The van der Waals surface area contributed by atoms with Crippen LogP contribution < -0.4 is 11.0 Å². The summed E-state index contributed by atoms with van der Waals surface area (Å²) in [5, 5.41) is 15.7. The molecular weight excluding hydrogens is 222 g/mol. The van der Waals surface area contributed by atoms with Gasteiger partial charge < -0.3 is 16.2 Å². The van der Waals surface area contributed by atoms with Crippen LogP contribution >= 0.6 is 0 Å². The van der Waals surface area contributed by atoms with Crippen molar-refractivity contribution in [2.24, 2.45) is 0 Å². The van der Waals surface area contributed by atoms with E-state index in [1.54, 1.807) is 30.1 Å². The first-order valence-electron chi connectivity index (χ1n) is 4.91. The van der Waals surface area contributed by atoms with Crippen LogP contribution in [-0.2, 0) is 4.84 Å². The third-order valence-corrected chi connectivity index (χ3v) is 2.24. The maximum Gasteiger partial charge on any atom is 0.147 e. The SMILES string of the molecule is CON([O-])c1ccc(-n2cnc(C)n2)c(N)c1. The quantitative estimate of drug-likeness (QED) is 0.629. The molecule has 0 amide bonds. The monoisotopic (exact) mass is 234 g/mol. The lowest BCUT2D eigenvalue weighted by molar-refractivity contribution is 0.198. The second kappa shape index (κ2) is 4.40. The summed E-state index contributed by atoms with van der Waals surface area (Å²) in [6, 6.07) is 4.80. The highest BCUT2D eigenvalue weighted by Gasteiger charge is 2.05. The highest BCUT2D eigenvalue weighted by Crippen LogP contribution is 2.23. The Kier molecular flexibility index (Phi) is 2.94. The van der Waals surface area contributed by atoms with Crippen molar-refractivity contribution < 1.29 is 4.84 Å². The van der Waals surface area contributed by atoms with E-state index in [0.717, 1.165) is 0 Å². The highest BCUT2D eigenvalue weighted by molar-refractivity contribution is 5.65. The van der Waals surface area contributed by atoms with E-state index in [1.807, 2.05) is 0 Å². The summed E-state index contributed by atoms with van der Waals surface area (Å²) in [4.78, 5) is 8.54. The van der Waals surface area contributed by atoms with Gasteiger partial charge in [-0.25, -0.2) is 9.67 Å². The lowest BCUT2D eigenvalue weighted by atomic mass is 10.2. The molecule has 0 unspecified atom stereocenters. The Labute approximate surface area is 98.0 Å². The average molecular weight is 234 g/mol. The van der Waals surface area contributed by atoms with E-state index in [4.69, 9.17) is 5.73 Å². The molecule has 2 rings (SSSR count). The zero-order valence-electron chi connectivity index (χ0n) is 9.49. The van der Waals surface area contributed by atoms with Gasteiger partial charge in [0, 0.05) is 0 Å². The number of aromatic nitrogens is 3. The van der Waals surface area contributed by atoms with Crippen molar-refractivity contribution in [2.75, 3.05) is 18.1 Å². The fourth-order valence-corrected chi connectivity index (χ4v) is 1.43. The fraction of sp³-hybridized carbons (Fsp3) is 0.200. The van der Waals surface area contributed by atoms with Crippen LogP contribution in [0.2, 0.25) is 0 Å². The molecule has 1 aromatic heterocycles. The second-order valence-electron chi connectivity index (χ2n) is 3.42. The van der Waals surface area contributed by atoms with Crippen LogP contribution in [0.4, 0.5) is 11.4 Å². The molecule has 7 heteroatoms. The number of aryl methyl sites for hydroxylation is 1. The minimum absolute atomic E-state index is 0.325. The summed E-state index contributed by atoms with van der Waals surface area (Å²) in [5.74, 6) is 0.649. The Hall–Kier alpha value is -2.12. The Morgan fingerprint density at radius 1 is 1.47 bits per heavy atom. The summed E-state index contributed by atoms with van der Waals surface area (Å²) >= 11 is 0. The first-order chi connectivity index (χ1) is 8.11. The van der Waals surface area contributed by atoms with Gasteiger partial charge in [0.25, 0.3) is 0 Å². The normalized spacial score (nSPS) is 10.5. The molecule has 0 aliphatic rings. The molecule has 0 aliphatic heterocycles. The van der Waals surface area contributed by atoms with E-state index >= 15 is 0 Å². The highest BCUT2D eigenvalue weighted by atomic mass is 16.9. The van der Waals surface area contributed by atoms with Crippen LogP contribution in [0.1, 0.15) is 5.82 Å². The van der Waals surface area contributed by atoms with E-state index in [2.05, 4.69) is 14.9 Å². The van der Waals surface area contributed by atoms with Crippen LogP contribution in [-0.4, -0.2) is 21.9 Å². The first kappa shape index (κ1) is 11.4. The van der Waals surface area contributed by atoms with Gasteiger partial charge in [-0.3, -0.25) is 4.84 Å². The zero-order chi connectivity index (χ0) is 12.4. The van der Waals surface area contributed by atoms with E-state index in [9.17, 15) is 5.21 Å². The third-order valence-electron chi connectivity index (χ3n) is 2.24. The molecule has 90 valence electrons.